The maximum Gasteiger partial charge on any atom is 0.220 e. The molecule has 6 nitrogen and oxygen atoms in total. The van der Waals surface area contributed by atoms with Crippen molar-refractivity contribution in [2.75, 3.05) is 18.8 Å². The molecule has 0 saturated heterocycles. The summed E-state index contributed by atoms with van der Waals surface area (Å²) >= 11 is 0. The highest BCUT2D eigenvalue weighted by atomic mass is 19.1. The van der Waals surface area contributed by atoms with Gasteiger partial charge < -0.3 is 10.3 Å². The van der Waals surface area contributed by atoms with Crippen LogP contribution >= 0.6 is 0 Å². The van der Waals surface area contributed by atoms with E-state index in [1.54, 1.807) is 18.3 Å². The highest BCUT2D eigenvalue weighted by Gasteiger charge is 2.32. The van der Waals surface area contributed by atoms with Gasteiger partial charge in [-0.05, 0) is 55.3 Å². The van der Waals surface area contributed by atoms with Crippen LogP contribution in [0.3, 0.4) is 0 Å². The molecule has 7 heteroatoms. The Balaban J connectivity index is 1.53. The molecule has 1 unspecified atom stereocenters. The molecule has 2 aromatic carbocycles. The summed E-state index contributed by atoms with van der Waals surface area (Å²) in [4.78, 5) is 16.2. The first kappa shape index (κ1) is 23.2. The van der Waals surface area contributed by atoms with Crippen LogP contribution in [0.4, 0.5) is 10.3 Å². The molecule has 35 heavy (non-hydrogen) atoms. The van der Waals surface area contributed by atoms with Crippen LogP contribution in [0.1, 0.15) is 43.6 Å². The van der Waals surface area contributed by atoms with Gasteiger partial charge in [0.1, 0.15) is 11.6 Å². The third kappa shape index (κ3) is 5.10. The van der Waals surface area contributed by atoms with E-state index in [2.05, 4.69) is 56.7 Å². The summed E-state index contributed by atoms with van der Waals surface area (Å²) in [6.45, 7) is 5.13. The average Bonchev–Trinajstić information content (AvgIpc) is 3.43. The van der Waals surface area contributed by atoms with Gasteiger partial charge in [0.15, 0.2) is 0 Å². The lowest BCUT2D eigenvalue weighted by Crippen LogP contribution is -2.30. The normalized spacial score (nSPS) is 15.0. The number of nitrogen functional groups attached to an aromatic ring is 1. The largest absolute Gasteiger partial charge is 0.368 e. The minimum absolute atomic E-state index is 0.228. The average molecular weight is 471 g/mol. The highest BCUT2D eigenvalue weighted by molar-refractivity contribution is 5.78. The number of nitrogens with two attached hydrogens (primary N) is 1. The maximum atomic E-state index is 13.7. The van der Waals surface area contributed by atoms with Gasteiger partial charge in [0.25, 0.3) is 0 Å². The predicted molar refractivity (Wildman–Crippen MR) is 137 cm³/mol. The molecule has 180 valence electrons. The molecule has 1 aliphatic rings. The van der Waals surface area contributed by atoms with Crippen LogP contribution in [0.15, 0.2) is 66.9 Å². The zero-order chi connectivity index (χ0) is 24.2. The Morgan fingerprint density at radius 2 is 1.86 bits per heavy atom. The Morgan fingerprint density at radius 1 is 1.06 bits per heavy atom. The topological polar surface area (TPSA) is 72.9 Å². The standard InChI is InChI=1S/C28H31FN6/c1-2-3-17-34(18-20-7-5-4-6-8-20)19-23-13-14-25-33-26(21-9-11-22(29)12-10-21)27(35(23)25)24-15-16-31-28(30)32-24/h4-12,15-16,23H,2-3,13-14,17-19H2,1H3,(H2,30,31,32). The monoisotopic (exact) mass is 470 g/mol. The molecule has 0 saturated carbocycles. The SMILES string of the molecule is CCCCN(Cc1ccccc1)CC1CCc2nc(-c3ccc(F)cc3)c(-c3ccnc(N)n3)n21. The maximum absolute atomic E-state index is 13.7. The smallest absolute Gasteiger partial charge is 0.220 e. The van der Waals surface area contributed by atoms with Crippen LogP contribution in [0, 0.1) is 5.82 Å². The van der Waals surface area contributed by atoms with Gasteiger partial charge in [-0.25, -0.2) is 19.3 Å². The van der Waals surface area contributed by atoms with Gasteiger partial charge >= 0.3 is 0 Å². The van der Waals surface area contributed by atoms with E-state index in [0.29, 0.717) is 0 Å². The molecule has 1 aliphatic heterocycles. The van der Waals surface area contributed by atoms with E-state index in [1.807, 2.05) is 6.07 Å². The van der Waals surface area contributed by atoms with E-state index in [1.165, 1.54) is 17.7 Å². The van der Waals surface area contributed by atoms with E-state index in [0.717, 1.165) is 73.8 Å². The van der Waals surface area contributed by atoms with Crippen molar-refractivity contribution in [3.05, 3.63) is 84.1 Å². The van der Waals surface area contributed by atoms with Gasteiger partial charge in [-0.1, -0.05) is 43.7 Å². The number of imidazole rings is 1. The van der Waals surface area contributed by atoms with Crippen LogP contribution in [-0.2, 0) is 13.0 Å². The number of aryl methyl sites for hydroxylation is 1. The lowest BCUT2D eigenvalue weighted by Gasteiger charge is -2.27. The van der Waals surface area contributed by atoms with Crippen molar-refractivity contribution in [3.63, 3.8) is 0 Å². The molecule has 2 N–H and O–H groups in total. The molecule has 0 aliphatic carbocycles. The van der Waals surface area contributed by atoms with Gasteiger partial charge in [0.2, 0.25) is 5.95 Å². The second-order valence-electron chi connectivity index (χ2n) is 9.17. The number of unbranched alkanes of at least 4 members (excludes halogenated alkanes) is 1. The van der Waals surface area contributed by atoms with Gasteiger partial charge in [-0.15, -0.1) is 0 Å². The lowest BCUT2D eigenvalue weighted by atomic mass is 10.1. The second-order valence-corrected chi connectivity index (χ2v) is 9.17. The number of hydrogen-bond acceptors (Lipinski definition) is 5. The predicted octanol–water partition coefficient (Wildman–Crippen LogP) is 5.52. The number of benzene rings is 2. The Bertz CT molecular complexity index is 1270. The van der Waals surface area contributed by atoms with E-state index < -0.39 is 0 Å². The highest BCUT2D eigenvalue weighted by Crippen LogP contribution is 2.39. The van der Waals surface area contributed by atoms with Crippen LogP contribution in [0.2, 0.25) is 0 Å². The summed E-state index contributed by atoms with van der Waals surface area (Å²) < 4.78 is 16.0. The third-order valence-electron chi connectivity index (χ3n) is 6.63. The van der Waals surface area contributed by atoms with Crippen molar-refractivity contribution in [2.45, 2.75) is 45.2 Å². The number of hydrogen-bond donors (Lipinski definition) is 1. The third-order valence-corrected chi connectivity index (χ3v) is 6.63. The summed E-state index contributed by atoms with van der Waals surface area (Å²) in [5.74, 6) is 1.00. The number of aromatic nitrogens is 4. The summed E-state index contributed by atoms with van der Waals surface area (Å²) in [5.41, 5.74) is 10.6. The summed E-state index contributed by atoms with van der Waals surface area (Å²) in [6.07, 6.45) is 5.92. The number of nitrogens with zero attached hydrogens (tertiary/aromatic N) is 5. The van der Waals surface area contributed by atoms with E-state index in [4.69, 9.17) is 10.7 Å². The molecular formula is C28H31FN6. The van der Waals surface area contributed by atoms with Crippen molar-refractivity contribution in [3.8, 4) is 22.6 Å². The van der Waals surface area contributed by atoms with Crippen molar-refractivity contribution in [2.24, 2.45) is 0 Å². The second kappa shape index (κ2) is 10.4. The first-order valence-electron chi connectivity index (χ1n) is 12.3. The lowest BCUT2D eigenvalue weighted by molar-refractivity contribution is 0.223. The zero-order valence-electron chi connectivity index (χ0n) is 20.1. The summed E-state index contributed by atoms with van der Waals surface area (Å²) in [7, 11) is 0. The summed E-state index contributed by atoms with van der Waals surface area (Å²) in [5, 5.41) is 0. The van der Waals surface area contributed by atoms with Crippen molar-refractivity contribution >= 4 is 5.95 Å². The minimum Gasteiger partial charge on any atom is -0.368 e. The van der Waals surface area contributed by atoms with Crippen LogP contribution in [0.5, 0.6) is 0 Å². The van der Waals surface area contributed by atoms with E-state index in [-0.39, 0.29) is 17.8 Å². The first-order chi connectivity index (χ1) is 17.1. The van der Waals surface area contributed by atoms with Gasteiger partial charge in [0.05, 0.1) is 17.1 Å². The Kier molecular flexibility index (Phi) is 6.86. The molecule has 4 aromatic rings. The van der Waals surface area contributed by atoms with Crippen molar-refractivity contribution in [1.29, 1.82) is 0 Å². The summed E-state index contributed by atoms with van der Waals surface area (Å²) in [6, 6.07) is 19.3. The molecule has 0 amide bonds. The fourth-order valence-corrected chi connectivity index (χ4v) is 4.96. The number of halogens is 1. The van der Waals surface area contributed by atoms with E-state index >= 15 is 0 Å². The van der Waals surface area contributed by atoms with Gasteiger partial charge in [-0.3, -0.25) is 4.90 Å². The number of fused-ring (bicyclic) bond motifs is 1. The van der Waals surface area contributed by atoms with Crippen LogP contribution < -0.4 is 5.73 Å². The molecule has 0 fully saturated rings. The van der Waals surface area contributed by atoms with Gasteiger partial charge in [0, 0.05) is 37.3 Å². The number of rotatable bonds is 9. The van der Waals surface area contributed by atoms with Crippen LogP contribution in [0.25, 0.3) is 22.6 Å². The molecular weight excluding hydrogens is 439 g/mol. The Labute approximate surface area is 205 Å². The quantitative estimate of drug-likeness (QED) is 0.349. The molecule has 0 spiro atoms. The van der Waals surface area contributed by atoms with E-state index in [9.17, 15) is 4.39 Å². The Morgan fingerprint density at radius 3 is 2.60 bits per heavy atom. The minimum atomic E-state index is -0.265. The number of anilines is 1. The molecule has 0 bridgehead atoms. The van der Waals surface area contributed by atoms with Crippen molar-refractivity contribution < 1.29 is 4.39 Å². The Hall–Kier alpha value is -3.58. The first-order valence-corrected chi connectivity index (χ1v) is 12.3. The zero-order valence-corrected chi connectivity index (χ0v) is 20.1. The molecule has 3 heterocycles. The molecule has 0 radical (unpaired) electrons. The van der Waals surface area contributed by atoms with Crippen LogP contribution in [-0.4, -0.2) is 37.5 Å². The van der Waals surface area contributed by atoms with Gasteiger partial charge in [-0.2, -0.15) is 0 Å². The molecule has 1 atom stereocenters. The fraction of sp³-hybridized carbons (Fsp3) is 0.321. The van der Waals surface area contributed by atoms with Crippen molar-refractivity contribution in [1.82, 2.24) is 24.4 Å². The molecule has 2 aromatic heterocycles. The molecule has 5 rings (SSSR count). The fourth-order valence-electron chi connectivity index (χ4n) is 4.96.